The molecule has 18 heavy (non-hydrogen) atoms. The molecule has 2 N–H and O–H groups in total. The lowest BCUT2D eigenvalue weighted by atomic mass is 10.1. The smallest absolute Gasteiger partial charge is 0.258 e. The number of hydrogen-bond acceptors (Lipinski definition) is 4. The number of aromatic hydroxyl groups is 2. The Kier molecular flexibility index (Phi) is 3.43. The summed E-state index contributed by atoms with van der Waals surface area (Å²) >= 11 is 0. The number of morpholine rings is 1. The van der Waals surface area contributed by atoms with Gasteiger partial charge in [0.15, 0.2) is 11.5 Å². The van der Waals surface area contributed by atoms with Gasteiger partial charge in [0.05, 0.1) is 24.3 Å². The third kappa shape index (κ3) is 2.26. The van der Waals surface area contributed by atoms with E-state index in [2.05, 4.69) is 0 Å². The molecule has 0 spiro atoms. The third-order valence-electron chi connectivity index (χ3n) is 3.11. The van der Waals surface area contributed by atoms with Crippen molar-refractivity contribution < 1.29 is 19.7 Å². The summed E-state index contributed by atoms with van der Waals surface area (Å²) in [5.41, 5.74) is 0.121. The van der Waals surface area contributed by atoms with Crippen molar-refractivity contribution in [1.82, 2.24) is 4.90 Å². The molecule has 1 aromatic carbocycles. The molecule has 1 heterocycles. The van der Waals surface area contributed by atoms with Crippen LogP contribution in [0.4, 0.5) is 0 Å². The normalized spacial score (nSPS) is 24.0. The Labute approximate surface area is 106 Å². The van der Waals surface area contributed by atoms with Crippen molar-refractivity contribution in [1.29, 1.82) is 0 Å². The Morgan fingerprint density at radius 1 is 1.39 bits per heavy atom. The lowest BCUT2D eigenvalue weighted by Gasteiger charge is -2.36. The monoisotopic (exact) mass is 251 g/mol. The van der Waals surface area contributed by atoms with Crippen LogP contribution in [0.3, 0.4) is 0 Å². The highest BCUT2D eigenvalue weighted by atomic mass is 16.5. The fourth-order valence-electron chi connectivity index (χ4n) is 2.04. The van der Waals surface area contributed by atoms with E-state index >= 15 is 0 Å². The summed E-state index contributed by atoms with van der Waals surface area (Å²) in [6, 6.07) is 4.34. The molecular formula is C13H17NO4. The van der Waals surface area contributed by atoms with Crippen LogP contribution in [-0.2, 0) is 4.74 Å². The molecule has 5 nitrogen and oxygen atoms in total. The highest BCUT2D eigenvalue weighted by molar-refractivity contribution is 5.97. The average molecular weight is 251 g/mol. The van der Waals surface area contributed by atoms with E-state index in [0.717, 1.165) is 0 Å². The van der Waals surface area contributed by atoms with Crippen LogP contribution in [-0.4, -0.2) is 46.3 Å². The molecule has 0 radical (unpaired) electrons. The van der Waals surface area contributed by atoms with E-state index in [4.69, 9.17) is 4.74 Å². The lowest BCUT2D eigenvalue weighted by molar-refractivity contribution is -0.0388. The SMILES string of the molecule is CC1CN(C(=O)c2cccc(O)c2O)C(C)CO1. The summed E-state index contributed by atoms with van der Waals surface area (Å²) in [4.78, 5) is 14.0. The van der Waals surface area contributed by atoms with Gasteiger partial charge >= 0.3 is 0 Å². The maximum atomic E-state index is 12.3. The number of phenolic OH excluding ortho intramolecular Hbond substituents is 2. The third-order valence-corrected chi connectivity index (χ3v) is 3.11. The summed E-state index contributed by atoms with van der Waals surface area (Å²) in [6.45, 7) is 4.75. The number of carbonyl (C=O) groups excluding carboxylic acids is 1. The van der Waals surface area contributed by atoms with Crippen molar-refractivity contribution >= 4 is 5.91 Å². The molecule has 1 fully saturated rings. The van der Waals surface area contributed by atoms with Crippen LogP contribution in [0, 0.1) is 0 Å². The van der Waals surface area contributed by atoms with Crippen molar-refractivity contribution in [3.63, 3.8) is 0 Å². The standard InChI is InChI=1S/C13H17NO4/c1-8-7-18-9(2)6-14(8)13(17)10-4-3-5-11(15)12(10)16/h3-5,8-9,15-16H,6-7H2,1-2H3. The Morgan fingerprint density at radius 3 is 2.83 bits per heavy atom. The van der Waals surface area contributed by atoms with Crippen molar-refractivity contribution in [3.05, 3.63) is 23.8 Å². The largest absolute Gasteiger partial charge is 0.504 e. The number of phenols is 2. The zero-order valence-corrected chi connectivity index (χ0v) is 10.5. The second-order valence-corrected chi connectivity index (χ2v) is 4.62. The summed E-state index contributed by atoms with van der Waals surface area (Å²) in [6.07, 6.45) is -0.0235. The molecule has 2 atom stereocenters. The summed E-state index contributed by atoms with van der Waals surface area (Å²) in [7, 11) is 0. The van der Waals surface area contributed by atoms with Crippen molar-refractivity contribution in [2.75, 3.05) is 13.2 Å². The second-order valence-electron chi connectivity index (χ2n) is 4.62. The minimum Gasteiger partial charge on any atom is -0.504 e. The van der Waals surface area contributed by atoms with Crippen LogP contribution in [0.1, 0.15) is 24.2 Å². The van der Waals surface area contributed by atoms with Gasteiger partial charge in [-0.3, -0.25) is 4.79 Å². The van der Waals surface area contributed by atoms with Crippen LogP contribution >= 0.6 is 0 Å². The van der Waals surface area contributed by atoms with Crippen molar-refractivity contribution in [2.45, 2.75) is 26.0 Å². The number of para-hydroxylation sites is 1. The maximum Gasteiger partial charge on any atom is 0.258 e. The zero-order valence-electron chi connectivity index (χ0n) is 10.5. The maximum absolute atomic E-state index is 12.3. The first-order chi connectivity index (χ1) is 8.50. The van der Waals surface area contributed by atoms with Crippen LogP contribution in [0.15, 0.2) is 18.2 Å². The van der Waals surface area contributed by atoms with Gasteiger partial charge in [0.25, 0.3) is 5.91 Å². The lowest BCUT2D eigenvalue weighted by Crippen LogP contribution is -2.50. The van der Waals surface area contributed by atoms with Gasteiger partial charge in [0.2, 0.25) is 0 Å². The van der Waals surface area contributed by atoms with Gasteiger partial charge < -0.3 is 19.8 Å². The Morgan fingerprint density at radius 2 is 2.11 bits per heavy atom. The van der Waals surface area contributed by atoms with Gasteiger partial charge in [0.1, 0.15) is 0 Å². The van der Waals surface area contributed by atoms with E-state index in [-0.39, 0.29) is 35.1 Å². The van der Waals surface area contributed by atoms with E-state index in [0.29, 0.717) is 13.2 Å². The van der Waals surface area contributed by atoms with Gasteiger partial charge in [-0.05, 0) is 26.0 Å². The highest BCUT2D eigenvalue weighted by Crippen LogP contribution is 2.30. The predicted molar refractivity (Wildman–Crippen MR) is 65.7 cm³/mol. The van der Waals surface area contributed by atoms with Gasteiger partial charge in [-0.15, -0.1) is 0 Å². The van der Waals surface area contributed by atoms with E-state index in [1.54, 1.807) is 4.90 Å². The first kappa shape index (κ1) is 12.7. The minimum absolute atomic E-state index is 0.0235. The molecule has 1 amide bonds. The fraction of sp³-hybridized carbons (Fsp3) is 0.462. The zero-order chi connectivity index (χ0) is 13.3. The topological polar surface area (TPSA) is 70.0 Å². The highest BCUT2D eigenvalue weighted by Gasteiger charge is 2.29. The number of hydrogen-bond donors (Lipinski definition) is 2. The quantitative estimate of drug-likeness (QED) is 0.739. The molecule has 2 rings (SSSR count). The number of ether oxygens (including phenoxy) is 1. The summed E-state index contributed by atoms with van der Waals surface area (Å²) in [5, 5.41) is 19.1. The van der Waals surface area contributed by atoms with E-state index < -0.39 is 0 Å². The van der Waals surface area contributed by atoms with Crippen LogP contribution in [0.5, 0.6) is 11.5 Å². The molecule has 1 aliphatic rings. The van der Waals surface area contributed by atoms with Gasteiger partial charge in [0, 0.05) is 6.54 Å². The minimum atomic E-state index is -0.367. The van der Waals surface area contributed by atoms with E-state index in [1.807, 2.05) is 13.8 Å². The molecular weight excluding hydrogens is 234 g/mol. The number of carbonyl (C=O) groups is 1. The first-order valence-corrected chi connectivity index (χ1v) is 5.94. The van der Waals surface area contributed by atoms with Crippen LogP contribution in [0.25, 0.3) is 0 Å². The number of amides is 1. The summed E-state index contributed by atoms with van der Waals surface area (Å²) < 4.78 is 5.45. The van der Waals surface area contributed by atoms with E-state index in [1.165, 1.54) is 18.2 Å². The Bertz CT molecular complexity index is 460. The number of benzene rings is 1. The van der Waals surface area contributed by atoms with Gasteiger partial charge in [-0.2, -0.15) is 0 Å². The predicted octanol–water partition coefficient (Wildman–Crippen LogP) is 1.35. The molecule has 1 saturated heterocycles. The van der Waals surface area contributed by atoms with Crippen LogP contribution in [0.2, 0.25) is 0 Å². The molecule has 0 aromatic heterocycles. The Balaban J connectivity index is 2.27. The molecule has 5 heteroatoms. The molecule has 1 aliphatic heterocycles. The van der Waals surface area contributed by atoms with Gasteiger partial charge in [-0.1, -0.05) is 6.07 Å². The molecule has 0 saturated carbocycles. The van der Waals surface area contributed by atoms with Crippen molar-refractivity contribution in [3.8, 4) is 11.5 Å². The molecule has 2 unspecified atom stereocenters. The molecule has 0 aliphatic carbocycles. The number of rotatable bonds is 1. The fourth-order valence-corrected chi connectivity index (χ4v) is 2.04. The number of nitrogens with zero attached hydrogens (tertiary/aromatic N) is 1. The summed E-state index contributed by atoms with van der Waals surface area (Å²) in [5.74, 6) is -0.935. The van der Waals surface area contributed by atoms with E-state index in [9.17, 15) is 15.0 Å². The van der Waals surface area contributed by atoms with Crippen molar-refractivity contribution in [2.24, 2.45) is 0 Å². The van der Waals surface area contributed by atoms with Crippen LogP contribution < -0.4 is 0 Å². The molecule has 0 bridgehead atoms. The van der Waals surface area contributed by atoms with Gasteiger partial charge in [-0.25, -0.2) is 0 Å². The first-order valence-electron chi connectivity index (χ1n) is 5.94. The molecule has 1 aromatic rings. The Hall–Kier alpha value is -1.75. The average Bonchev–Trinajstić information content (AvgIpc) is 2.35. The molecule has 98 valence electrons. The second kappa shape index (κ2) is 4.86.